The van der Waals surface area contributed by atoms with E-state index in [1.54, 1.807) is 27.5 Å². The lowest BCUT2D eigenvalue weighted by Crippen LogP contribution is -2.71. The van der Waals surface area contributed by atoms with Crippen LogP contribution in [0.25, 0.3) is 11.2 Å². The maximum atomic E-state index is 13.1. The van der Waals surface area contributed by atoms with Crippen LogP contribution in [0.4, 0.5) is 5.13 Å². The molecule has 2 aliphatic rings. The number of amides is 3. The number of rotatable bonds is 8. The number of aliphatic carboxylic acids is 1. The number of hydrogen-bond acceptors (Lipinski definition) is 11. The summed E-state index contributed by atoms with van der Waals surface area (Å²) in [6, 6.07) is 2.58. The molecule has 0 aromatic carbocycles. The molecule has 5 heterocycles. The molecule has 2 atom stereocenters. The fraction of sp³-hybridized carbons (Fsp3) is 0.286. The van der Waals surface area contributed by atoms with E-state index in [9.17, 15) is 24.3 Å². The first kappa shape index (κ1) is 25.3. The number of imidazole rings is 1. The minimum atomic E-state index is -1.26. The van der Waals surface area contributed by atoms with E-state index in [0.29, 0.717) is 22.5 Å². The molecule has 3 amide bonds. The normalized spacial score (nSPS) is 19.3. The lowest BCUT2D eigenvalue weighted by atomic mass is 10.0. The molecule has 196 valence electrons. The highest BCUT2D eigenvalue weighted by atomic mass is 32.2. The molecule has 2 aliphatic heterocycles. The number of nitrogens with one attached hydrogen (secondary N) is 1. The molecule has 15 nitrogen and oxygen atoms in total. The first-order valence-electron chi connectivity index (χ1n) is 11.1. The number of nitrogens with two attached hydrogens (primary N) is 2. The second kappa shape index (κ2) is 9.82. The zero-order chi connectivity index (χ0) is 27.1. The molecule has 1 fully saturated rings. The van der Waals surface area contributed by atoms with Gasteiger partial charge in [-0.15, -0.1) is 11.8 Å². The molecule has 6 N–H and O–H groups in total. The maximum Gasteiger partial charge on any atom is 0.352 e. The van der Waals surface area contributed by atoms with E-state index < -0.39 is 35.1 Å². The van der Waals surface area contributed by atoms with Crippen molar-refractivity contribution in [2.75, 3.05) is 18.5 Å². The summed E-state index contributed by atoms with van der Waals surface area (Å²) in [4.78, 5) is 62.9. The summed E-state index contributed by atoms with van der Waals surface area (Å²) >= 11 is 2.24. The Morgan fingerprint density at radius 1 is 1.37 bits per heavy atom. The zero-order valence-electron chi connectivity index (χ0n) is 19.8. The number of fused-ring (bicyclic) bond motifs is 2. The molecule has 0 spiro atoms. The third-order valence-corrected chi connectivity index (χ3v) is 7.85. The van der Waals surface area contributed by atoms with E-state index >= 15 is 0 Å². The van der Waals surface area contributed by atoms with Gasteiger partial charge in [-0.25, -0.2) is 9.36 Å². The van der Waals surface area contributed by atoms with E-state index in [-0.39, 0.29) is 35.5 Å². The van der Waals surface area contributed by atoms with Crippen LogP contribution in [-0.2, 0) is 32.3 Å². The van der Waals surface area contributed by atoms with Crippen molar-refractivity contribution in [2.24, 2.45) is 10.7 Å². The molecule has 3 aromatic rings. The Morgan fingerprint density at radius 3 is 2.82 bits per heavy atom. The lowest BCUT2D eigenvalue weighted by Gasteiger charge is -2.49. The van der Waals surface area contributed by atoms with E-state index in [2.05, 4.69) is 24.7 Å². The van der Waals surface area contributed by atoms with E-state index in [1.165, 1.54) is 30.0 Å². The van der Waals surface area contributed by atoms with E-state index in [4.69, 9.17) is 11.5 Å². The first-order valence-corrected chi connectivity index (χ1v) is 12.9. The number of carboxylic acids is 1. The monoisotopic (exact) mass is 557 g/mol. The molecule has 2 unspecified atom stereocenters. The molecule has 5 rings (SSSR count). The van der Waals surface area contributed by atoms with Crippen LogP contribution in [0.2, 0.25) is 0 Å². The molecule has 3 aromatic heterocycles. The number of pyridine rings is 1. The molecule has 0 aliphatic carbocycles. The van der Waals surface area contributed by atoms with Gasteiger partial charge >= 0.3 is 11.6 Å². The Kier molecular flexibility index (Phi) is 6.53. The van der Waals surface area contributed by atoms with Gasteiger partial charge in [-0.2, -0.15) is 9.36 Å². The number of carboxylic acid groups (broad SMARTS) is 1. The smallest absolute Gasteiger partial charge is 0.352 e. The SMILES string of the molecule is CN=C(C(=O)NC1C(=O)N2C(C(=O)O)=C(C[n+]3cccc4c3ncn4CC(N)=O)CSC12)c1nsc(N)n1. The van der Waals surface area contributed by atoms with Crippen molar-refractivity contribution in [3.63, 3.8) is 0 Å². The number of thioether (sulfide) groups is 1. The molecule has 1 saturated heterocycles. The van der Waals surface area contributed by atoms with Crippen LogP contribution in [-0.4, -0.2) is 82.5 Å². The molecule has 0 radical (unpaired) electrons. The summed E-state index contributed by atoms with van der Waals surface area (Å²) in [5.74, 6) is -2.65. The van der Waals surface area contributed by atoms with Crippen molar-refractivity contribution >= 4 is 69.0 Å². The lowest BCUT2D eigenvalue weighted by molar-refractivity contribution is -0.664. The standard InChI is InChI=1S/C21H20N10O5S2/c1-24-12(15-27-21(23)38-28-15)17(33)26-13-18(34)31-14(20(35)36)9(7-37-19(13)31)5-29-4-2-3-10-16(29)25-8-30(10)6-11(22)32/h2-4,8,13,19H,5-7H2,1H3,(H5-,22,23,26,27,28,32,33,35,36)/p+1. The molecule has 0 saturated carbocycles. The predicted molar refractivity (Wildman–Crippen MR) is 136 cm³/mol. The number of anilines is 1. The van der Waals surface area contributed by atoms with Gasteiger partial charge in [-0.1, -0.05) is 0 Å². The van der Waals surface area contributed by atoms with Crippen LogP contribution in [0.1, 0.15) is 5.82 Å². The van der Waals surface area contributed by atoms with Crippen molar-refractivity contribution in [2.45, 2.75) is 24.5 Å². The minimum Gasteiger partial charge on any atom is -0.477 e. The first-order chi connectivity index (χ1) is 18.2. The van der Waals surface area contributed by atoms with Crippen LogP contribution in [0.15, 0.2) is 40.9 Å². The number of carbonyl (C=O) groups excluding carboxylic acids is 3. The van der Waals surface area contributed by atoms with E-state index in [0.717, 1.165) is 11.5 Å². The summed E-state index contributed by atoms with van der Waals surface area (Å²) in [6.07, 6.45) is 3.22. The molecular formula is C21H21N10O5S2+. The Balaban J connectivity index is 1.38. The number of β-lactam (4-membered cyclic amide) rings is 1. The van der Waals surface area contributed by atoms with Crippen LogP contribution in [0.5, 0.6) is 0 Å². The van der Waals surface area contributed by atoms with E-state index in [1.807, 2.05) is 0 Å². The number of hydrogen-bond donors (Lipinski definition) is 4. The highest BCUT2D eigenvalue weighted by Crippen LogP contribution is 2.40. The third kappa shape index (κ3) is 4.34. The second-order valence-corrected chi connectivity index (χ2v) is 10.2. The largest absolute Gasteiger partial charge is 0.477 e. The van der Waals surface area contributed by atoms with Crippen LogP contribution < -0.4 is 21.4 Å². The average Bonchev–Trinajstić information content (AvgIpc) is 3.49. The van der Waals surface area contributed by atoms with Gasteiger partial charge in [0.1, 0.15) is 35.7 Å². The Labute approximate surface area is 222 Å². The fourth-order valence-corrected chi connectivity index (χ4v) is 6.13. The van der Waals surface area contributed by atoms with Crippen molar-refractivity contribution < 1.29 is 28.9 Å². The number of primary amides is 1. The van der Waals surface area contributed by atoms with Gasteiger partial charge in [0.05, 0.1) is 6.20 Å². The number of nitrogens with zero attached hydrogens (tertiary/aromatic N) is 7. The summed E-state index contributed by atoms with van der Waals surface area (Å²) in [5, 5.41) is 12.2. The second-order valence-electron chi connectivity index (χ2n) is 8.33. The average molecular weight is 558 g/mol. The van der Waals surface area contributed by atoms with Crippen LogP contribution in [0.3, 0.4) is 0 Å². The van der Waals surface area contributed by atoms with Gasteiger partial charge in [-0.3, -0.25) is 28.8 Å². The van der Waals surface area contributed by atoms with Gasteiger partial charge < -0.3 is 21.9 Å². The van der Waals surface area contributed by atoms with Gasteiger partial charge in [-0.05, 0) is 17.1 Å². The maximum absolute atomic E-state index is 13.1. The summed E-state index contributed by atoms with van der Waals surface area (Å²) in [6.45, 7) is 0.101. The van der Waals surface area contributed by atoms with Crippen molar-refractivity contribution in [3.05, 3.63) is 41.8 Å². The summed E-state index contributed by atoms with van der Waals surface area (Å²) in [7, 11) is 1.39. The fourth-order valence-electron chi connectivity index (χ4n) is 4.36. The molecule has 17 heteroatoms. The minimum absolute atomic E-state index is 0.0466. The number of aliphatic imine (C=N–C) groups is 1. The highest BCUT2D eigenvalue weighted by Gasteiger charge is 2.54. The molecule has 38 heavy (non-hydrogen) atoms. The Hall–Kier alpha value is -4.38. The van der Waals surface area contributed by atoms with Crippen molar-refractivity contribution in [1.29, 1.82) is 0 Å². The predicted octanol–water partition coefficient (Wildman–Crippen LogP) is -1.90. The Bertz CT molecular complexity index is 1560. The molecular weight excluding hydrogens is 536 g/mol. The van der Waals surface area contributed by atoms with Crippen molar-refractivity contribution in [1.82, 2.24) is 29.1 Å². The zero-order valence-corrected chi connectivity index (χ0v) is 21.4. The molecule has 0 bridgehead atoms. The Morgan fingerprint density at radius 2 is 2.16 bits per heavy atom. The van der Waals surface area contributed by atoms with Gasteiger partial charge in [0.15, 0.2) is 16.7 Å². The quantitative estimate of drug-likeness (QED) is 0.137. The highest BCUT2D eigenvalue weighted by molar-refractivity contribution is 8.00. The summed E-state index contributed by atoms with van der Waals surface area (Å²) in [5.41, 5.74) is 12.4. The number of carbonyl (C=O) groups is 4. The van der Waals surface area contributed by atoms with Crippen LogP contribution >= 0.6 is 23.3 Å². The van der Waals surface area contributed by atoms with Gasteiger partial charge in [0.2, 0.25) is 12.2 Å². The van der Waals surface area contributed by atoms with Crippen LogP contribution in [0, 0.1) is 0 Å². The van der Waals surface area contributed by atoms with Gasteiger partial charge in [0, 0.05) is 29.9 Å². The van der Waals surface area contributed by atoms with Gasteiger partial charge in [0.25, 0.3) is 11.8 Å². The number of nitrogen functional groups attached to an aromatic ring is 1. The summed E-state index contributed by atoms with van der Waals surface area (Å²) < 4.78 is 7.32. The third-order valence-electron chi connectivity index (χ3n) is 5.97. The topological polar surface area (TPSA) is 216 Å². The van der Waals surface area contributed by atoms with Crippen molar-refractivity contribution in [3.8, 4) is 0 Å². The number of aromatic nitrogens is 5.